The summed E-state index contributed by atoms with van der Waals surface area (Å²) in [6.07, 6.45) is 0. The van der Waals surface area contributed by atoms with E-state index in [-0.39, 0.29) is 16.2 Å². The van der Waals surface area contributed by atoms with Crippen molar-refractivity contribution in [3.05, 3.63) is 46.8 Å². The predicted octanol–water partition coefficient (Wildman–Crippen LogP) is 3.27. The lowest BCUT2D eigenvalue weighted by molar-refractivity contribution is -0.115. The summed E-state index contributed by atoms with van der Waals surface area (Å²) in [5.41, 5.74) is 1.56. The van der Waals surface area contributed by atoms with Crippen LogP contribution in [0.1, 0.15) is 31.2 Å². The van der Waals surface area contributed by atoms with Gasteiger partial charge in [-0.25, -0.2) is 13.1 Å². The molecule has 0 aliphatic rings. The van der Waals surface area contributed by atoms with Crippen molar-refractivity contribution < 1.29 is 13.2 Å². The highest BCUT2D eigenvalue weighted by Gasteiger charge is 2.20. The van der Waals surface area contributed by atoms with Gasteiger partial charge in [-0.15, -0.1) is 11.3 Å². The molecule has 0 unspecified atom stereocenters. The fourth-order valence-corrected chi connectivity index (χ4v) is 4.54. The van der Waals surface area contributed by atoms with Crippen LogP contribution in [0.25, 0.3) is 0 Å². The standard InChI is InChI=1S/C17H22N2O3S2/c1-12-9-10-16(23-12)24(21,22)18-11-15(20)19-14-8-6-5-7-13(14)17(2,3)4/h5-10,18H,11H2,1-4H3,(H,19,20). The molecule has 24 heavy (non-hydrogen) atoms. The molecule has 5 nitrogen and oxygen atoms in total. The van der Waals surface area contributed by atoms with Crippen LogP contribution in [0, 0.1) is 6.92 Å². The Bertz CT molecular complexity index is 834. The number of nitrogens with one attached hydrogen (secondary N) is 2. The molecule has 2 rings (SSSR count). The fraction of sp³-hybridized carbons (Fsp3) is 0.353. The number of amides is 1. The summed E-state index contributed by atoms with van der Waals surface area (Å²) in [5.74, 6) is -0.399. The summed E-state index contributed by atoms with van der Waals surface area (Å²) in [4.78, 5) is 13.0. The largest absolute Gasteiger partial charge is 0.325 e. The zero-order chi connectivity index (χ0) is 18.0. The maximum atomic E-state index is 12.1. The highest BCUT2D eigenvalue weighted by Crippen LogP contribution is 2.29. The summed E-state index contributed by atoms with van der Waals surface area (Å²) >= 11 is 1.17. The summed E-state index contributed by atoms with van der Waals surface area (Å²) < 4.78 is 26.8. The number of carbonyl (C=O) groups is 1. The van der Waals surface area contributed by atoms with E-state index < -0.39 is 15.9 Å². The lowest BCUT2D eigenvalue weighted by atomic mass is 9.86. The third-order valence-corrected chi connectivity index (χ3v) is 6.31. The van der Waals surface area contributed by atoms with Gasteiger partial charge in [0.05, 0.1) is 6.54 Å². The van der Waals surface area contributed by atoms with Crippen molar-refractivity contribution in [1.82, 2.24) is 4.72 Å². The maximum Gasteiger partial charge on any atom is 0.250 e. The average molecular weight is 367 g/mol. The second-order valence-electron chi connectivity index (χ2n) is 6.53. The Balaban J connectivity index is 2.05. The maximum absolute atomic E-state index is 12.1. The Morgan fingerprint density at radius 1 is 1.12 bits per heavy atom. The van der Waals surface area contributed by atoms with E-state index in [4.69, 9.17) is 0 Å². The van der Waals surface area contributed by atoms with Crippen LogP contribution >= 0.6 is 11.3 Å². The fourth-order valence-electron chi connectivity index (χ4n) is 2.23. The molecule has 1 aromatic heterocycles. The molecule has 1 amide bonds. The van der Waals surface area contributed by atoms with E-state index in [0.717, 1.165) is 10.4 Å². The number of para-hydroxylation sites is 1. The topological polar surface area (TPSA) is 75.3 Å². The van der Waals surface area contributed by atoms with Gasteiger partial charge in [0.1, 0.15) is 4.21 Å². The Hall–Kier alpha value is -1.70. The number of sulfonamides is 1. The summed E-state index contributed by atoms with van der Waals surface area (Å²) in [5, 5.41) is 2.78. The summed E-state index contributed by atoms with van der Waals surface area (Å²) in [6.45, 7) is 7.69. The molecule has 2 N–H and O–H groups in total. The minimum Gasteiger partial charge on any atom is -0.325 e. The molecule has 0 saturated heterocycles. The van der Waals surface area contributed by atoms with E-state index in [9.17, 15) is 13.2 Å². The smallest absolute Gasteiger partial charge is 0.250 e. The minimum absolute atomic E-state index is 0.127. The van der Waals surface area contributed by atoms with Crippen molar-refractivity contribution in [2.75, 3.05) is 11.9 Å². The molecule has 0 aliphatic carbocycles. The number of benzene rings is 1. The van der Waals surface area contributed by atoms with Crippen LogP contribution in [0.3, 0.4) is 0 Å². The predicted molar refractivity (Wildman–Crippen MR) is 98.0 cm³/mol. The van der Waals surface area contributed by atoms with E-state index in [2.05, 4.69) is 30.8 Å². The third-order valence-electron chi connectivity index (χ3n) is 3.41. The lowest BCUT2D eigenvalue weighted by Gasteiger charge is -2.23. The molecule has 0 atom stereocenters. The first-order chi connectivity index (χ1) is 11.1. The number of aryl methyl sites for hydroxylation is 1. The van der Waals surface area contributed by atoms with Crippen LogP contribution in [-0.2, 0) is 20.2 Å². The Labute approximate surface area is 147 Å². The molecule has 0 spiro atoms. The number of carbonyl (C=O) groups excluding carboxylic acids is 1. The second kappa shape index (κ2) is 7.04. The quantitative estimate of drug-likeness (QED) is 0.853. The number of hydrogen-bond donors (Lipinski definition) is 2. The van der Waals surface area contributed by atoms with Crippen LogP contribution in [0.5, 0.6) is 0 Å². The highest BCUT2D eigenvalue weighted by molar-refractivity contribution is 7.91. The Morgan fingerprint density at radius 3 is 2.38 bits per heavy atom. The van der Waals surface area contributed by atoms with E-state index in [0.29, 0.717) is 5.69 Å². The van der Waals surface area contributed by atoms with Gasteiger partial charge in [0.25, 0.3) is 10.0 Å². The van der Waals surface area contributed by atoms with Crippen molar-refractivity contribution in [2.45, 2.75) is 37.3 Å². The SMILES string of the molecule is Cc1ccc(S(=O)(=O)NCC(=O)Nc2ccccc2C(C)(C)C)s1. The van der Waals surface area contributed by atoms with Crippen molar-refractivity contribution >= 4 is 33.0 Å². The normalized spacial score (nSPS) is 12.2. The molecule has 2 aromatic rings. The van der Waals surface area contributed by atoms with Crippen LogP contribution < -0.4 is 10.0 Å². The van der Waals surface area contributed by atoms with E-state index in [1.165, 1.54) is 17.4 Å². The first-order valence-corrected chi connectivity index (χ1v) is 9.85. The van der Waals surface area contributed by atoms with Gasteiger partial charge in [0, 0.05) is 10.6 Å². The molecule has 130 valence electrons. The van der Waals surface area contributed by atoms with Crippen molar-refractivity contribution in [3.63, 3.8) is 0 Å². The van der Waals surface area contributed by atoms with Gasteiger partial charge in [-0.05, 0) is 36.1 Å². The van der Waals surface area contributed by atoms with Crippen LogP contribution in [0.15, 0.2) is 40.6 Å². The lowest BCUT2D eigenvalue weighted by Crippen LogP contribution is -2.33. The first-order valence-electron chi connectivity index (χ1n) is 7.55. The second-order valence-corrected chi connectivity index (χ2v) is 9.82. The van der Waals surface area contributed by atoms with Crippen molar-refractivity contribution in [3.8, 4) is 0 Å². The van der Waals surface area contributed by atoms with E-state index in [1.807, 2.05) is 31.2 Å². The number of hydrogen-bond acceptors (Lipinski definition) is 4. The molecule has 0 fully saturated rings. The van der Waals surface area contributed by atoms with Crippen LogP contribution in [0.4, 0.5) is 5.69 Å². The summed E-state index contributed by atoms with van der Waals surface area (Å²) in [7, 11) is -3.66. The first kappa shape index (κ1) is 18.6. The molecule has 0 radical (unpaired) electrons. The number of rotatable bonds is 5. The highest BCUT2D eigenvalue weighted by atomic mass is 32.2. The van der Waals surface area contributed by atoms with E-state index in [1.54, 1.807) is 6.07 Å². The molecule has 1 aromatic carbocycles. The molecule has 0 bridgehead atoms. The summed E-state index contributed by atoms with van der Waals surface area (Å²) in [6, 6.07) is 10.8. The monoisotopic (exact) mass is 366 g/mol. The van der Waals surface area contributed by atoms with Crippen molar-refractivity contribution in [2.24, 2.45) is 0 Å². The van der Waals surface area contributed by atoms with Gasteiger partial charge in [-0.2, -0.15) is 0 Å². The van der Waals surface area contributed by atoms with Gasteiger partial charge < -0.3 is 5.32 Å². The molecule has 1 heterocycles. The van der Waals surface area contributed by atoms with Gasteiger partial charge in [-0.3, -0.25) is 4.79 Å². The van der Waals surface area contributed by atoms with Crippen LogP contribution in [-0.4, -0.2) is 20.9 Å². The Kier molecular flexibility index (Phi) is 5.47. The minimum atomic E-state index is -3.66. The zero-order valence-corrected chi connectivity index (χ0v) is 15.8. The van der Waals surface area contributed by atoms with Gasteiger partial charge in [0.15, 0.2) is 0 Å². The van der Waals surface area contributed by atoms with Gasteiger partial charge in [-0.1, -0.05) is 39.0 Å². The number of anilines is 1. The van der Waals surface area contributed by atoms with E-state index >= 15 is 0 Å². The molecule has 7 heteroatoms. The van der Waals surface area contributed by atoms with Crippen molar-refractivity contribution in [1.29, 1.82) is 0 Å². The molecular weight excluding hydrogens is 344 g/mol. The van der Waals surface area contributed by atoms with Crippen LogP contribution in [0.2, 0.25) is 0 Å². The molecular formula is C17H22N2O3S2. The molecule has 0 saturated carbocycles. The Morgan fingerprint density at radius 2 is 1.79 bits per heavy atom. The molecule has 0 aliphatic heterocycles. The number of thiophene rings is 1. The third kappa shape index (κ3) is 4.66. The zero-order valence-electron chi connectivity index (χ0n) is 14.2. The van der Waals surface area contributed by atoms with Gasteiger partial charge >= 0.3 is 0 Å². The average Bonchev–Trinajstić information content (AvgIpc) is 2.92. The van der Waals surface area contributed by atoms with Gasteiger partial charge in [0.2, 0.25) is 5.91 Å².